The lowest BCUT2D eigenvalue weighted by Crippen LogP contribution is -2.34. The molecule has 2 unspecified atom stereocenters. The molecule has 0 saturated heterocycles. The van der Waals surface area contributed by atoms with E-state index in [9.17, 15) is 4.79 Å². The van der Waals surface area contributed by atoms with Crippen LogP contribution in [0.2, 0.25) is 0 Å². The molecule has 0 aliphatic heterocycles. The van der Waals surface area contributed by atoms with Crippen LogP contribution in [0.3, 0.4) is 0 Å². The van der Waals surface area contributed by atoms with Crippen LogP contribution in [0.1, 0.15) is 19.4 Å². The monoisotopic (exact) mass is 222 g/mol. The van der Waals surface area contributed by atoms with Crippen LogP contribution in [0, 0.1) is 5.92 Å². The van der Waals surface area contributed by atoms with Gasteiger partial charge < -0.3 is 16.2 Å². The zero-order valence-corrected chi connectivity index (χ0v) is 9.60. The van der Waals surface area contributed by atoms with Crippen molar-refractivity contribution in [3.63, 3.8) is 0 Å². The van der Waals surface area contributed by atoms with Crippen LogP contribution in [0.25, 0.3) is 0 Å². The van der Waals surface area contributed by atoms with E-state index in [4.69, 9.17) is 10.8 Å². The largest absolute Gasteiger partial charge is 0.392 e. The van der Waals surface area contributed by atoms with Crippen LogP contribution in [0.15, 0.2) is 24.3 Å². The van der Waals surface area contributed by atoms with Crippen LogP contribution in [0.4, 0.5) is 5.69 Å². The fourth-order valence-electron chi connectivity index (χ4n) is 1.19. The van der Waals surface area contributed by atoms with E-state index in [1.54, 1.807) is 38.1 Å². The maximum absolute atomic E-state index is 11.7. The number of amides is 1. The van der Waals surface area contributed by atoms with Gasteiger partial charge in [0, 0.05) is 11.7 Å². The number of carbonyl (C=O) groups is 1. The molecule has 16 heavy (non-hydrogen) atoms. The molecular formula is C12H18N2O2. The summed E-state index contributed by atoms with van der Waals surface area (Å²) in [6.07, 6.45) is 0. The number of hydrogen-bond acceptors (Lipinski definition) is 3. The smallest absolute Gasteiger partial charge is 0.228 e. The van der Waals surface area contributed by atoms with Gasteiger partial charge in [0.25, 0.3) is 0 Å². The SMILES string of the molecule is CC(N)C(C)C(=O)Nc1ccc(CO)cc1. The van der Waals surface area contributed by atoms with Gasteiger partial charge in [-0.05, 0) is 24.6 Å². The summed E-state index contributed by atoms with van der Waals surface area (Å²) in [5.41, 5.74) is 7.18. The summed E-state index contributed by atoms with van der Waals surface area (Å²) < 4.78 is 0. The van der Waals surface area contributed by atoms with Crippen molar-refractivity contribution < 1.29 is 9.90 Å². The Bertz CT molecular complexity index is 347. The van der Waals surface area contributed by atoms with Crippen LogP contribution in [-0.2, 0) is 11.4 Å². The second kappa shape index (κ2) is 5.63. The Hall–Kier alpha value is -1.39. The van der Waals surface area contributed by atoms with Crippen molar-refractivity contribution in [3.05, 3.63) is 29.8 Å². The molecule has 0 aromatic heterocycles. The van der Waals surface area contributed by atoms with Gasteiger partial charge in [0.15, 0.2) is 0 Å². The maximum atomic E-state index is 11.7. The molecule has 1 rings (SSSR count). The number of aliphatic hydroxyl groups excluding tert-OH is 1. The van der Waals surface area contributed by atoms with Gasteiger partial charge in [0.1, 0.15) is 0 Å². The van der Waals surface area contributed by atoms with Gasteiger partial charge in [-0.25, -0.2) is 0 Å². The standard InChI is InChI=1S/C12H18N2O2/c1-8(9(2)13)12(16)14-11-5-3-10(7-15)4-6-11/h3-6,8-9,15H,7,13H2,1-2H3,(H,14,16). The van der Waals surface area contributed by atoms with Crippen LogP contribution in [0.5, 0.6) is 0 Å². The fourth-order valence-corrected chi connectivity index (χ4v) is 1.19. The molecule has 4 N–H and O–H groups in total. The van der Waals surface area contributed by atoms with Gasteiger partial charge in [-0.2, -0.15) is 0 Å². The number of aliphatic hydroxyl groups is 1. The predicted molar refractivity (Wildman–Crippen MR) is 63.8 cm³/mol. The summed E-state index contributed by atoms with van der Waals surface area (Å²) in [7, 11) is 0. The van der Waals surface area contributed by atoms with E-state index in [0.29, 0.717) is 0 Å². The number of benzene rings is 1. The highest BCUT2D eigenvalue weighted by Gasteiger charge is 2.16. The van der Waals surface area contributed by atoms with E-state index in [2.05, 4.69) is 5.32 Å². The fraction of sp³-hybridized carbons (Fsp3) is 0.417. The van der Waals surface area contributed by atoms with Crippen molar-refractivity contribution >= 4 is 11.6 Å². The molecule has 88 valence electrons. The van der Waals surface area contributed by atoms with Crippen molar-refractivity contribution in [1.29, 1.82) is 0 Å². The highest BCUT2D eigenvalue weighted by Crippen LogP contribution is 2.11. The van der Waals surface area contributed by atoms with Crippen molar-refractivity contribution in [2.75, 3.05) is 5.32 Å². The minimum atomic E-state index is -0.225. The first-order valence-corrected chi connectivity index (χ1v) is 5.31. The maximum Gasteiger partial charge on any atom is 0.228 e. The highest BCUT2D eigenvalue weighted by molar-refractivity contribution is 5.92. The molecule has 0 heterocycles. The van der Waals surface area contributed by atoms with E-state index in [0.717, 1.165) is 11.3 Å². The third kappa shape index (κ3) is 3.32. The third-order valence-corrected chi connectivity index (χ3v) is 2.61. The lowest BCUT2D eigenvalue weighted by Gasteiger charge is -2.15. The highest BCUT2D eigenvalue weighted by atomic mass is 16.3. The van der Waals surface area contributed by atoms with E-state index in [1.807, 2.05) is 0 Å². The Labute approximate surface area is 95.5 Å². The summed E-state index contributed by atoms with van der Waals surface area (Å²) in [5, 5.41) is 11.6. The Morgan fingerprint density at radius 1 is 1.38 bits per heavy atom. The summed E-state index contributed by atoms with van der Waals surface area (Å²) in [6.45, 7) is 3.60. The molecule has 4 heteroatoms. The third-order valence-electron chi connectivity index (χ3n) is 2.61. The lowest BCUT2D eigenvalue weighted by atomic mass is 10.0. The van der Waals surface area contributed by atoms with Crippen LogP contribution in [-0.4, -0.2) is 17.1 Å². The van der Waals surface area contributed by atoms with Crippen molar-refractivity contribution in [2.24, 2.45) is 11.7 Å². The quantitative estimate of drug-likeness (QED) is 0.714. The summed E-state index contributed by atoms with van der Waals surface area (Å²) in [5.74, 6) is -0.315. The second-order valence-corrected chi connectivity index (χ2v) is 3.99. The molecule has 1 aromatic carbocycles. The van der Waals surface area contributed by atoms with Crippen LogP contribution < -0.4 is 11.1 Å². The first-order chi connectivity index (χ1) is 7.54. The summed E-state index contributed by atoms with van der Waals surface area (Å²) in [6, 6.07) is 6.89. The van der Waals surface area contributed by atoms with Gasteiger partial charge in [0.2, 0.25) is 5.91 Å². The molecule has 0 bridgehead atoms. The Morgan fingerprint density at radius 2 is 1.94 bits per heavy atom. The topological polar surface area (TPSA) is 75.4 Å². The number of hydrogen-bond donors (Lipinski definition) is 3. The number of nitrogens with two attached hydrogens (primary N) is 1. The molecule has 0 spiro atoms. The first kappa shape index (κ1) is 12.7. The Morgan fingerprint density at radius 3 is 2.38 bits per heavy atom. The molecule has 0 fully saturated rings. The molecule has 1 amide bonds. The van der Waals surface area contributed by atoms with E-state index < -0.39 is 0 Å². The van der Waals surface area contributed by atoms with Crippen molar-refractivity contribution in [1.82, 2.24) is 0 Å². The minimum Gasteiger partial charge on any atom is -0.392 e. The molecule has 1 aromatic rings. The molecule has 0 saturated carbocycles. The van der Waals surface area contributed by atoms with E-state index >= 15 is 0 Å². The van der Waals surface area contributed by atoms with Crippen molar-refractivity contribution in [3.8, 4) is 0 Å². The summed E-state index contributed by atoms with van der Waals surface area (Å²) in [4.78, 5) is 11.7. The molecule has 4 nitrogen and oxygen atoms in total. The number of carbonyl (C=O) groups excluding carboxylic acids is 1. The van der Waals surface area contributed by atoms with Gasteiger partial charge in [-0.1, -0.05) is 19.1 Å². The number of anilines is 1. The minimum absolute atomic E-state index is 0.00443. The molecule has 0 aliphatic rings. The van der Waals surface area contributed by atoms with Gasteiger partial charge >= 0.3 is 0 Å². The van der Waals surface area contributed by atoms with Crippen LogP contribution >= 0.6 is 0 Å². The molecule has 2 atom stereocenters. The van der Waals surface area contributed by atoms with Gasteiger partial charge in [0.05, 0.1) is 12.5 Å². The average molecular weight is 222 g/mol. The van der Waals surface area contributed by atoms with E-state index in [1.165, 1.54) is 0 Å². The Balaban J connectivity index is 2.62. The predicted octanol–water partition coefficient (Wildman–Crippen LogP) is 1.10. The van der Waals surface area contributed by atoms with Gasteiger partial charge in [-0.15, -0.1) is 0 Å². The van der Waals surface area contributed by atoms with Gasteiger partial charge in [-0.3, -0.25) is 4.79 Å². The normalized spacial score (nSPS) is 14.2. The zero-order valence-electron chi connectivity index (χ0n) is 9.60. The van der Waals surface area contributed by atoms with Crippen molar-refractivity contribution in [2.45, 2.75) is 26.5 Å². The zero-order chi connectivity index (χ0) is 12.1. The lowest BCUT2D eigenvalue weighted by molar-refractivity contribution is -0.119. The second-order valence-electron chi connectivity index (χ2n) is 3.99. The summed E-state index contributed by atoms with van der Waals surface area (Å²) >= 11 is 0. The first-order valence-electron chi connectivity index (χ1n) is 5.31. The number of nitrogens with one attached hydrogen (secondary N) is 1. The van der Waals surface area contributed by atoms with E-state index in [-0.39, 0.29) is 24.5 Å². The molecular weight excluding hydrogens is 204 g/mol. The number of rotatable bonds is 4. The average Bonchev–Trinajstić information content (AvgIpc) is 2.28. The molecule has 0 radical (unpaired) electrons. The Kier molecular flexibility index (Phi) is 4.46. The molecule has 0 aliphatic carbocycles.